The summed E-state index contributed by atoms with van der Waals surface area (Å²) in [5, 5.41) is 0. The van der Waals surface area contributed by atoms with E-state index in [1.165, 1.54) is 12.8 Å². The molecule has 0 saturated carbocycles. The minimum atomic E-state index is 0. The van der Waals surface area contributed by atoms with E-state index in [-0.39, 0.29) is 51.0 Å². The topological polar surface area (TPSA) is 9.23 Å². The molecular formula is C9H13Cl2OZr. The monoisotopic (exact) mass is 297 g/mol. The van der Waals surface area contributed by atoms with Gasteiger partial charge in [-0.1, -0.05) is 0 Å². The molecule has 0 unspecified atom stereocenters. The fourth-order valence-electron chi connectivity index (χ4n) is 0.851. The van der Waals surface area contributed by atoms with Crippen LogP contribution in [0.4, 0.5) is 0 Å². The fourth-order valence-corrected chi connectivity index (χ4v) is 0.851. The average molecular weight is 299 g/mol. The number of hydrogen-bond acceptors (Lipinski definition) is 1. The molecule has 0 amide bonds. The zero-order valence-electron chi connectivity index (χ0n) is 7.43. The van der Waals surface area contributed by atoms with Crippen LogP contribution >= 0.6 is 0 Å². The van der Waals surface area contributed by atoms with Crippen LogP contribution in [0.2, 0.25) is 0 Å². The molecule has 1 nitrogen and oxygen atoms in total. The number of halogens is 2. The summed E-state index contributed by atoms with van der Waals surface area (Å²) < 4.78 is 4.94. The summed E-state index contributed by atoms with van der Waals surface area (Å²) in [6, 6.07) is 0. The van der Waals surface area contributed by atoms with Gasteiger partial charge in [-0.3, -0.25) is 6.08 Å². The van der Waals surface area contributed by atoms with E-state index >= 15 is 0 Å². The largest absolute Gasteiger partial charge is 3.00 e. The van der Waals surface area contributed by atoms with Crippen LogP contribution in [0.1, 0.15) is 19.3 Å². The quantitative estimate of drug-likeness (QED) is 0.416. The molecule has 2 aliphatic rings. The van der Waals surface area contributed by atoms with Crippen LogP contribution in [0.25, 0.3) is 0 Å². The van der Waals surface area contributed by atoms with Gasteiger partial charge in [-0.15, -0.1) is 6.42 Å². The molecule has 4 heteroatoms. The van der Waals surface area contributed by atoms with Gasteiger partial charge in [-0.05, 0) is 12.8 Å². The molecule has 73 valence electrons. The molecule has 0 atom stereocenters. The Balaban J connectivity index is -0.000000125. The first-order chi connectivity index (χ1) is 5.00. The van der Waals surface area contributed by atoms with Gasteiger partial charge in [0.15, 0.2) is 0 Å². The zero-order chi connectivity index (χ0) is 7.07. The molecule has 1 aliphatic carbocycles. The summed E-state index contributed by atoms with van der Waals surface area (Å²) >= 11 is 0. The van der Waals surface area contributed by atoms with Gasteiger partial charge in [0.1, 0.15) is 0 Å². The molecule has 0 aromatic rings. The summed E-state index contributed by atoms with van der Waals surface area (Å²) in [4.78, 5) is 0. The first-order valence-electron chi connectivity index (χ1n) is 3.79. The van der Waals surface area contributed by atoms with E-state index in [0.29, 0.717) is 0 Å². The molecule has 0 N–H and O–H groups in total. The van der Waals surface area contributed by atoms with Gasteiger partial charge in [0, 0.05) is 13.2 Å². The minimum absolute atomic E-state index is 0. The van der Waals surface area contributed by atoms with Crippen LogP contribution in [0.15, 0.2) is 18.2 Å². The molecule has 1 heterocycles. The predicted octanol–water partition coefficient (Wildman–Crippen LogP) is -3.89. The summed E-state index contributed by atoms with van der Waals surface area (Å²) in [7, 11) is 0. The molecular weight excluding hydrogens is 286 g/mol. The van der Waals surface area contributed by atoms with E-state index in [1.807, 2.05) is 12.2 Å². The van der Waals surface area contributed by atoms with Gasteiger partial charge < -0.3 is 29.6 Å². The molecule has 2 rings (SSSR count). The summed E-state index contributed by atoms with van der Waals surface area (Å²) in [5.41, 5.74) is 0. The number of rotatable bonds is 0. The molecule has 0 spiro atoms. The van der Waals surface area contributed by atoms with Gasteiger partial charge >= 0.3 is 26.2 Å². The first-order valence-corrected chi connectivity index (χ1v) is 3.79. The second-order valence-electron chi connectivity index (χ2n) is 2.32. The molecule has 1 saturated heterocycles. The Morgan fingerprint density at radius 3 is 1.85 bits per heavy atom. The Kier molecular flexibility index (Phi) is 23.0. The van der Waals surface area contributed by atoms with Crippen molar-refractivity contribution in [2.45, 2.75) is 19.3 Å². The van der Waals surface area contributed by atoms with E-state index in [2.05, 4.69) is 12.2 Å². The zero-order valence-corrected chi connectivity index (χ0v) is 11.4. The average Bonchev–Trinajstić information content (AvgIpc) is 2.67. The maximum absolute atomic E-state index is 4.94. The van der Waals surface area contributed by atoms with Crippen molar-refractivity contribution in [1.29, 1.82) is 0 Å². The smallest absolute Gasteiger partial charge is 1.00 e. The molecule has 0 aromatic heterocycles. The molecule has 1 fully saturated rings. The predicted molar refractivity (Wildman–Crippen MR) is 41.6 cm³/mol. The third-order valence-corrected chi connectivity index (χ3v) is 1.41. The van der Waals surface area contributed by atoms with Crippen LogP contribution in [0.3, 0.4) is 0 Å². The van der Waals surface area contributed by atoms with Crippen molar-refractivity contribution < 1.29 is 55.8 Å². The Morgan fingerprint density at radius 2 is 1.69 bits per heavy atom. The van der Waals surface area contributed by atoms with Crippen LogP contribution < -0.4 is 24.8 Å². The second kappa shape index (κ2) is 15.4. The molecule has 1 aliphatic heterocycles. The Bertz CT molecular complexity index is 116. The first kappa shape index (κ1) is 19.5. The standard InChI is InChI=1S/C5H5.C4H8O.2ClH.Zr/c2*1-2-4-5-3-1;;;/h1-3H,4H2;1-4H2;2*1H;/q-1;;;;+3/p-2. The van der Waals surface area contributed by atoms with Crippen LogP contribution in [-0.2, 0) is 30.9 Å². The van der Waals surface area contributed by atoms with Crippen molar-refractivity contribution in [3.8, 4) is 0 Å². The summed E-state index contributed by atoms with van der Waals surface area (Å²) in [6.45, 7) is 2.00. The van der Waals surface area contributed by atoms with E-state index in [1.54, 1.807) is 0 Å². The van der Waals surface area contributed by atoms with E-state index in [0.717, 1.165) is 19.6 Å². The number of allylic oxidation sites excluding steroid dienone is 4. The van der Waals surface area contributed by atoms with Gasteiger partial charge in [0.05, 0.1) is 0 Å². The maximum atomic E-state index is 4.94. The molecule has 13 heavy (non-hydrogen) atoms. The molecule has 1 radical (unpaired) electrons. The number of hydrogen-bond donors (Lipinski definition) is 0. The van der Waals surface area contributed by atoms with Crippen molar-refractivity contribution in [2.75, 3.05) is 13.2 Å². The third kappa shape index (κ3) is 12.9. The Hall–Kier alpha value is 0.903. The van der Waals surface area contributed by atoms with Crippen LogP contribution in [0, 0.1) is 6.08 Å². The summed E-state index contributed by atoms with van der Waals surface area (Å²) in [5.74, 6) is 0. The van der Waals surface area contributed by atoms with Gasteiger partial charge in [-0.2, -0.15) is 6.08 Å². The van der Waals surface area contributed by atoms with Crippen molar-refractivity contribution >= 4 is 0 Å². The van der Waals surface area contributed by atoms with E-state index < -0.39 is 0 Å². The normalized spacial score (nSPS) is 16.0. The van der Waals surface area contributed by atoms with Gasteiger partial charge in [-0.25, -0.2) is 12.2 Å². The van der Waals surface area contributed by atoms with Crippen molar-refractivity contribution in [3.05, 3.63) is 24.3 Å². The SMILES string of the molecule is C1CCOC1.[C-]1=CC=CC1.[Cl-].[Cl-].[Zr+3]. The molecule has 0 bridgehead atoms. The summed E-state index contributed by atoms with van der Waals surface area (Å²) in [6.07, 6.45) is 12.6. The third-order valence-electron chi connectivity index (χ3n) is 1.41. The van der Waals surface area contributed by atoms with Crippen LogP contribution in [-0.4, -0.2) is 13.2 Å². The number of ether oxygens (including phenoxy) is 1. The second-order valence-corrected chi connectivity index (χ2v) is 2.32. The van der Waals surface area contributed by atoms with E-state index in [4.69, 9.17) is 4.74 Å². The van der Waals surface area contributed by atoms with E-state index in [9.17, 15) is 0 Å². The fraction of sp³-hybridized carbons (Fsp3) is 0.556. The van der Waals surface area contributed by atoms with Gasteiger partial charge in [0.25, 0.3) is 0 Å². The maximum Gasteiger partial charge on any atom is 3.00 e. The Labute approximate surface area is 112 Å². The van der Waals surface area contributed by atoms with Gasteiger partial charge in [0.2, 0.25) is 0 Å². The van der Waals surface area contributed by atoms with Crippen molar-refractivity contribution in [1.82, 2.24) is 0 Å². The van der Waals surface area contributed by atoms with Crippen molar-refractivity contribution in [3.63, 3.8) is 0 Å². The molecule has 0 aromatic carbocycles. The minimum Gasteiger partial charge on any atom is -1.00 e. The van der Waals surface area contributed by atoms with Crippen LogP contribution in [0.5, 0.6) is 0 Å². The Morgan fingerprint density at radius 1 is 1.08 bits per heavy atom. The van der Waals surface area contributed by atoms with Crippen molar-refractivity contribution in [2.24, 2.45) is 0 Å².